The van der Waals surface area contributed by atoms with Gasteiger partial charge >= 0.3 is 0 Å². The van der Waals surface area contributed by atoms with E-state index in [1.807, 2.05) is 0 Å². The molecule has 0 bridgehead atoms. The summed E-state index contributed by atoms with van der Waals surface area (Å²) in [6.07, 6.45) is 3.35. The smallest absolute Gasteiger partial charge is 0.181 e. The van der Waals surface area contributed by atoms with Crippen molar-refractivity contribution in [3.8, 4) is 0 Å². The second-order valence-corrected chi connectivity index (χ2v) is 4.54. The number of hydrogen-bond donors (Lipinski definition) is 0. The van der Waals surface area contributed by atoms with Gasteiger partial charge in [-0.3, -0.25) is 0 Å². The second-order valence-electron chi connectivity index (χ2n) is 4.54. The molecule has 2 aromatic heterocycles. The van der Waals surface area contributed by atoms with Crippen LogP contribution in [-0.2, 0) is 0 Å². The molecule has 0 amide bonds. The molecule has 0 aliphatic carbocycles. The zero-order valence-corrected chi connectivity index (χ0v) is 10.1. The molecule has 0 N–H and O–H groups in total. The van der Waals surface area contributed by atoms with Gasteiger partial charge in [0.25, 0.3) is 0 Å². The van der Waals surface area contributed by atoms with Gasteiger partial charge in [0.15, 0.2) is 5.65 Å². The highest BCUT2D eigenvalue weighted by Crippen LogP contribution is 2.20. The van der Waals surface area contributed by atoms with E-state index in [9.17, 15) is 0 Å². The maximum absolute atomic E-state index is 4.61. The van der Waals surface area contributed by atoms with Gasteiger partial charge in [-0.25, -0.2) is 19.9 Å². The Balaban J connectivity index is 2.68. The highest BCUT2D eigenvalue weighted by Gasteiger charge is 2.11. The van der Waals surface area contributed by atoms with Gasteiger partial charge in [-0.1, -0.05) is 27.7 Å². The number of hydrogen-bond acceptors (Lipinski definition) is 4. The van der Waals surface area contributed by atoms with Crippen LogP contribution >= 0.6 is 0 Å². The molecule has 4 heteroatoms. The summed E-state index contributed by atoms with van der Waals surface area (Å²) in [7, 11) is 0. The first-order valence-corrected chi connectivity index (χ1v) is 5.57. The van der Waals surface area contributed by atoms with Crippen molar-refractivity contribution in [2.24, 2.45) is 0 Å². The molecule has 0 radical (unpaired) electrons. The molecule has 0 fully saturated rings. The number of rotatable bonds is 2. The van der Waals surface area contributed by atoms with Crippen molar-refractivity contribution in [2.75, 3.05) is 0 Å². The SMILES string of the molecule is CC(C)c1cnc2ncnc(C(C)C)c2n1. The zero-order valence-electron chi connectivity index (χ0n) is 10.1. The Morgan fingerprint density at radius 3 is 2.31 bits per heavy atom. The molecular weight excluding hydrogens is 200 g/mol. The highest BCUT2D eigenvalue weighted by atomic mass is 15.0. The molecule has 0 aliphatic rings. The molecule has 16 heavy (non-hydrogen) atoms. The largest absolute Gasteiger partial charge is 0.246 e. The first-order chi connectivity index (χ1) is 7.59. The number of nitrogens with zero attached hydrogens (tertiary/aromatic N) is 4. The fourth-order valence-electron chi connectivity index (χ4n) is 1.57. The monoisotopic (exact) mass is 216 g/mol. The lowest BCUT2D eigenvalue weighted by molar-refractivity contribution is 0.798. The molecule has 0 unspecified atom stereocenters. The molecule has 2 rings (SSSR count). The Morgan fingerprint density at radius 1 is 0.938 bits per heavy atom. The minimum atomic E-state index is 0.335. The van der Waals surface area contributed by atoms with Gasteiger partial charge in [-0.05, 0) is 11.8 Å². The van der Waals surface area contributed by atoms with E-state index in [0.29, 0.717) is 17.5 Å². The second kappa shape index (κ2) is 4.12. The van der Waals surface area contributed by atoms with Crippen LogP contribution in [0.1, 0.15) is 50.9 Å². The van der Waals surface area contributed by atoms with E-state index in [1.54, 1.807) is 12.5 Å². The Morgan fingerprint density at radius 2 is 1.69 bits per heavy atom. The van der Waals surface area contributed by atoms with Gasteiger partial charge in [0.05, 0.1) is 17.6 Å². The Labute approximate surface area is 95.2 Å². The lowest BCUT2D eigenvalue weighted by atomic mass is 10.1. The van der Waals surface area contributed by atoms with Crippen LogP contribution in [0.3, 0.4) is 0 Å². The summed E-state index contributed by atoms with van der Waals surface area (Å²) in [4.78, 5) is 17.4. The van der Waals surface area contributed by atoms with Crippen molar-refractivity contribution < 1.29 is 0 Å². The van der Waals surface area contributed by atoms with Crippen LogP contribution in [-0.4, -0.2) is 19.9 Å². The topological polar surface area (TPSA) is 51.6 Å². The standard InChI is InChI=1S/C12H16N4/c1-7(2)9-5-13-12-11(16-9)10(8(3)4)14-6-15-12/h5-8H,1-4H3. The molecule has 0 spiro atoms. The molecular formula is C12H16N4. The number of aromatic nitrogens is 4. The highest BCUT2D eigenvalue weighted by molar-refractivity contribution is 5.72. The lowest BCUT2D eigenvalue weighted by Crippen LogP contribution is -2.02. The van der Waals surface area contributed by atoms with Gasteiger partial charge < -0.3 is 0 Å². The molecule has 0 atom stereocenters. The lowest BCUT2D eigenvalue weighted by Gasteiger charge is -2.09. The number of fused-ring (bicyclic) bond motifs is 1. The predicted molar refractivity (Wildman–Crippen MR) is 63.3 cm³/mol. The van der Waals surface area contributed by atoms with Gasteiger partial charge in [-0.2, -0.15) is 0 Å². The molecule has 0 aliphatic heterocycles. The third-order valence-electron chi connectivity index (χ3n) is 2.53. The van der Waals surface area contributed by atoms with Crippen molar-refractivity contribution in [3.05, 3.63) is 23.9 Å². The molecule has 0 saturated heterocycles. The summed E-state index contributed by atoms with van der Waals surface area (Å²) in [5, 5.41) is 0. The van der Waals surface area contributed by atoms with Crippen molar-refractivity contribution >= 4 is 11.2 Å². The van der Waals surface area contributed by atoms with E-state index in [0.717, 1.165) is 16.9 Å². The molecule has 0 aromatic carbocycles. The molecule has 2 heterocycles. The summed E-state index contributed by atoms with van der Waals surface area (Å²) < 4.78 is 0. The maximum Gasteiger partial charge on any atom is 0.181 e. The van der Waals surface area contributed by atoms with Crippen LogP contribution < -0.4 is 0 Å². The van der Waals surface area contributed by atoms with Crippen LogP contribution in [0.5, 0.6) is 0 Å². The van der Waals surface area contributed by atoms with Gasteiger partial charge in [0.1, 0.15) is 11.8 Å². The third kappa shape index (κ3) is 1.87. The minimum Gasteiger partial charge on any atom is -0.246 e. The van der Waals surface area contributed by atoms with E-state index in [4.69, 9.17) is 0 Å². The minimum absolute atomic E-state index is 0.335. The van der Waals surface area contributed by atoms with Gasteiger partial charge in [0, 0.05) is 0 Å². The summed E-state index contributed by atoms with van der Waals surface area (Å²) in [6, 6.07) is 0. The summed E-state index contributed by atoms with van der Waals surface area (Å²) in [6.45, 7) is 8.42. The first kappa shape index (κ1) is 10.9. The van der Waals surface area contributed by atoms with Gasteiger partial charge in [0.2, 0.25) is 0 Å². The summed E-state index contributed by atoms with van der Waals surface area (Å²) in [5.74, 6) is 0.708. The fourth-order valence-corrected chi connectivity index (χ4v) is 1.57. The maximum atomic E-state index is 4.61. The zero-order chi connectivity index (χ0) is 11.7. The fraction of sp³-hybridized carbons (Fsp3) is 0.500. The molecule has 2 aromatic rings. The summed E-state index contributed by atoms with van der Waals surface area (Å²) in [5.41, 5.74) is 3.48. The Hall–Kier alpha value is -1.58. The third-order valence-corrected chi connectivity index (χ3v) is 2.53. The van der Waals surface area contributed by atoms with Crippen molar-refractivity contribution in [2.45, 2.75) is 39.5 Å². The van der Waals surface area contributed by atoms with E-state index in [2.05, 4.69) is 47.6 Å². The Bertz CT molecular complexity index is 505. The average Bonchev–Trinajstić information content (AvgIpc) is 2.27. The van der Waals surface area contributed by atoms with E-state index < -0.39 is 0 Å². The van der Waals surface area contributed by atoms with Crippen molar-refractivity contribution in [1.82, 2.24) is 19.9 Å². The van der Waals surface area contributed by atoms with Crippen LogP contribution in [0.15, 0.2) is 12.5 Å². The predicted octanol–water partition coefficient (Wildman–Crippen LogP) is 2.67. The van der Waals surface area contributed by atoms with E-state index in [1.165, 1.54) is 0 Å². The van der Waals surface area contributed by atoms with Gasteiger partial charge in [-0.15, -0.1) is 0 Å². The molecule has 84 valence electrons. The van der Waals surface area contributed by atoms with Crippen LogP contribution in [0, 0.1) is 0 Å². The van der Waals surface area contributed by atoms with Crippen LogP contribution in [0.25, 0.3) is 11.2 Å². The normalized spacial score (nSPS) is 11.6. The van der Waals surface area contributed by atoms with E-state index >= 15 is 0 Å². The summed E-state index contributed by atoms with van der Waals surface area (Å²) >= 11 is 0. The van der Waals surface area contributed by atoms with Crippen LogP contribution in [0.4, 0.5) is 0 Å². The quantitative estimate of drug-likeness (QED) is 0.774. The Kier molecular flexibility index (Phi) is 2.81. The first-order valence-electron chi connectivity index (χ1n) is 5.57. The van der Waals surface area contributed by atoms with Crippen molar-refractivity contribution in [3.63, 3.8) is 0 Å². The molecule has 4 nitrogen and oxygen atoms in total. The van der Waals surface area contributed by atoms with E-state index in [-0.39, 0.29) is 0 Å². The molecule has 0 saturated carbocycles. The average molecular weight is 216 g/mol. The van der Waals surface area contributed by atoms with Crippen LogP contribution in [0.2, 0.25) is 0 Å². The van der Waals surface area contributed by atoms with Crippen molar-refractivity contribution in [1.29, 1.82) is 0 Å².